The molecule has 0 amide bonds. The predicted octanol–water partition coefficient (Wildman–Crippen LogP) is 13.4. The molecule has 0 aliphatic heterocycles. The second kappa shape index (κ2) is 16.8. The fraction of sp³-hybridized carbons (Fsp3) is 0.0667. The third-order valence-corrected chi connectivity index (χ3v) is 8.79. The SMILES string of the molecule is C=CC.C=CC=C.CC.c1ccc(-c2cc(-c3ccccc3)nc(-c3ccc(-n4c5ccccc5c5sc6ccccc6c54)cc3)n2)cc1. The molecule has 4 heteroatoms. The number of rotatable bonds is 5. The number of hydrogen-bond acceptors (Lipinski definition) is 3. The molecule has 0 aliphatic carbocycles. The number of para-hydroxylation sites is 1. The van der Waals surface area contributed by atoms with Crippen LogP contribution in [0.5, 0.6) is 0 Å². The van der Waals surface area contributed by atoms with Crippen LogP contribution in [0.1, 0.15) is 20.8 Å². The molecule has 0 saturated heterocycles. The molecule has 0 saturated carbocycles. The molecule has 0 N–H and O–H groups in total. The lowest BCUT2D eigenvalue weighted by molar-refractivity contribution is 1.17. The Morgan fingerprint density at radius 2 is 1.06 bits per heavy atom. The topological polar surface area (TPSA) is 30.7 Å². The van der Waals surface area contributed by atoms with Crippen LogP contribution in [-0.4, -0.2) is 14.5 Å². The summed E-state index contributed by atoms with van der Waals surface area (Å²) in [5.41, 5.74) is 8.57. The fourth-order valence-corrected chi connectivity index (χ4v) is 6.76. The molecular formula is C45H41N3S. The van der Waals surface area contributed by atoms with E-state index in [4.69, 9.17) is 9.97 Å². The summed E-state index contributed by atoms with van der Waals surface area (Å²) in [5.74, 6) is 0.718. The summed E-state index contributed by atoms with van der Waals surface area (Å²) in [6.07, 6.45) is 5.03. The van der Waals surface area contributed by atoms with Crippen molar-refractivity contribution >= 4 is 42.5 Å². The van der Waals surface area contributed by atoms with Crippen molar-refractivity contribution in [2.45, 2.75) is 20.8 Å². The normalized spacial score (nSPS) is 10.2. The summed E-state index contributed by atoms with van der Waals surface area (Å²) < 4.78 is 5.03. The molecule has 8 rings (SSSR count). The Bertz CT molecular complexity index is 2220. The van der Waals surface area contributed by atoms with E-state index in [9.17, 15) is 0 Å². The lowest BCUT2D eigenvalue weighted by Gasteiger charge is -2.11. The summed E-state index contributed by atoms with van der Waals surface area (Å²) in [6.45, 7) is 16.0. The highest BCUT2D eigenvalue weighted by Crippen LogP contribution is 2.42. The summed E-state index contributed by atoms with van der Waals surface area (Å²) in [5, 5.41) is 2.57. The highest BCUT2D eigenvalue weighted by atomic mass is 32.1. The second-order valence-corrected chi connectivity index (χ2v) is 11.8. The zero-order valence-electron chi connectivity index (χ0n) is 28.4. The van der Waals surface area contributed by atoms with Crippen LogP contribution in [0.25, 0.3) is 70.8 Å². The second-order valence-electron chi connectivity index (χ2n) is 10.7. The highest BCUT2D eigenvalue weighted by Gasteiger charge is 2.18. The minimum Gasteiger partial charge on any atom is -0.308 e. The zero-order chi connectivity index (χ0) is 34.6. The van der Waals surface area contributed by atoms with E-state index in [1.807, 2.05) is 68.5 Å². The Hall–Kier alpha value is -5.84. The van der Waals surface area contributed by atoms with Crippen molar-refractivity contribution in [2.24, 2.45) is 0 Å². The minimum absolute atomic E-state index is 0.718. The van der Waals surface area contributed by atoms with E-state index in [0.717, 1.165) is 39.6 Å². The van der Waals surface area contributed by atoms with Crippen LogP contribution in [0.4, 0.5) is 0 Å². The van der Waals surface area contributed by atoms with Gasteiger partial charge in [0, 0.05) is 37.9 Å². The third kappa shape index (κ3) is 7.51. The smallest absolute Gasteiger partial charge is 0.160 e. The van der Waals surface area contributed by atoms with E-state index < -0.39 is 0 Å². The van der Waals surface area contributed by atoms with Crippen molar-refractivity contribution in [3.63, 3.8) is 0 Å². The summed E-state index contributed by atoms with van der Waals surface area (Å²) >= 11 is 1.86. The predicted molar refractivity (Wildman–Crippen MR) is 216 cm³/mol. The molecule has 0 radical (unpaired) electrons. The lowest BCUT2D eigenvalue weighted by atomic mass is 10.1. The van der Waals surface area contributed by atoms with Gasteiger partial charge in [0.15, 0.2) is 5.82 Å². The van der Waals surface area contributed by atoms with E-state index in [0.29, 0.717) is 0 Å². The van der Waals surface area contributed by atoms with Gasteiger partial charge in [0.1, 0.15) is 0 Å². The first-order valence-electron chi connectivity index (χ1n) is 16.5. The first-order valence-corrected chi connectivity index (χ1v) is 17.3. The molecule has 3 aromatic heterocycles. The van der Waals surface area contributed by atoms with E-state index >= 15 is 0 Å². The number of aromatic nitrogens is 3. The first-order chi connectivity index (χ1) is 24.2. The average molecular weight is 656 g/mol. The fourth-order valence-electron chi connectivity index (χ4n) is 5.54. The van der Waals surface area contributed by atoms with Gasteiger partial charge in [0.05, 0.1) is 27.1 Å². The molecule has 0 bridgehead atoms. The molecular weight excluding hydrogens is 615 g/mol. The molecule has 242 valence electrons. The monoisotopic (exact) mass is 655 g/mol. The van der Waals surface area contributed by atoms with Gasteiger partial charge in [-0.2, -0.15) is 0 Å². The van der Waals surface area contributed by atoms with Crippen LogP contribution in [-0.2, 0) is 0 Å². The highest BCUT2D eigenvalue weighted by molar-refractivity contribution is 7.26. The van der Waals surface area contributed by atoms with Crippen LogP contribution >= 0.6 is 11.3 Å². The summed E-state index contributed by atoms with van der Waals surface area (Å²) in [4.78, 5) is 10.0. The van der Waals surface area contributed by atoms with Gasteiger partial charge in [-0.15, -0.1) is 17.9 Å². The van der Waals surface area contributed by atoms with Gasteiger partial charge in [-0.3, -0.25) is 0 Å². The largest absolute Gasteiger partial charge is 0.308 e. The molecule has 0 aliphatic rings. The third-order valence-electron chi connectivity index (χ3n) is 7.60. The van der Waals surface area contributed by atoms with Crippen molar-refractivity contribution < 1.29 is 0 Å². The Morgan fingerprint density at radius 1 is 0.571 bits per heavy atom. The average Bonchev–Trinajstić information content (AvgIpc) is 3.71. The van der Waals surface area contributed by atoms with Crippen molar-refractivity contribution in [3.05, 3.63) is 177 Å². The number of thiophene rings is 1. The van der Waals surface area contributed by atoms with Crippen molar-refractivity contribution in [1.82, 2.24) is 14.5 Å². The molecule has 0 fully saturated rings. The summed E-state index contributed by atoms with van der Waals surface area (Å²) in [6, 6.07) is 48.7. The van der Waals surface area contributed by atoms with Crippen molar-refractivity contribution in [1.29, 1.82) is 0 Å². The number of hydrogen-bond donors (Lipinski definition) is 0. The molecule has 8 aromatic rings. The van der Waals surface area contributed by atoms with Gasteiger partial charge in [0.2, 0.25) is 0 Å². The van der Waals surface area contributed by atoms with E-state index in [-0.39, 0.29) is 0 Å². The van der Waals surface area contributed by atoms with Gasteiger partial charge in [-0.25, -0.2) is 9.97 Å². The maximum absolute atomic E-state index is 5.01. The van der Waals surface area contributed by atoms with Gasteiger partial charge in [-0.05, 0) is 49.4 Å². The van der Waals surface area contributed by atoms with Gasteiger partial charge >= 0.3 is 0 Å². The number of allylic oxidation sites excluding steroid dienone is 3. The quantitative estimate of drug-likeness (QED) is 0.136. The summed E-state index contributed by atoms with van der Waals surface area (Å²) in [7, 11) is 0. The van der Waals surface area contributed by atoms with Gasteiger partial charge < -0.3 is 4.57 Å². The van der Waals surface area contributed by atoms with Crippen LogP contribution in [0.3, 0.4) is 0 Å². The number of fused-ring (bicyclic) bond motifs is 5. The molecule has 5 aromatic carbocycles. The lowest BCUT2D eigenvalue weighted by Crippen LogP contribution is -1.97. The maximum Gasteiger partial charge on any atom is 0.160 e. The van der Waals surface area contributed by atoms with E-state index in [2.05, 4.69) is 127 Å². The maximum atomic E-state index is 5.01. The van der Waals surface area contributed by atoms with E-state index in [1.54, 1.807) is 18.2 Å². The van der Waals surface area contributed by atoms with Crippen LogP contribution in [0, 0.1) is 0 Å². The zero-order valence-corrected chi connectivity index (χ0v) is 29.2. The van der Waals surface area contributed by atoms with Crippen molar-refractivity contribution in [3.8, 4) is 39.6 Å². The van der Waals surface area contributed by atoms with Crippen LogP contribution in [0.2, 0.25) is 0 Å². The Balaban J connectivity index is 0.000000473. The Morgan fingerprint density at radius 3 is 1.61 bits per heavy atom. The first kappa shape index (κ1) is 34.5. The standard InChI is InChI=1S/C36H23N3S.C4H6.C3H6.C2H6/c1-3-11-24(12-4-1)30-23-31(25-13-5-2-6-14-25)38-36(37-30)26-19-21-27(22-20-26)39-32-17-9-7-15-28(32)35-34(39)29-16-8-10-18-33(29)40-35;1-3-4-2;1-3-2;1-2/h1-23H;3-4H,1-2H2;3H,1H2,2H3;1-2H3. The molecule has 3 nitrogen and oxygen atoms in total. The molecule has 0 spiro atoms. The number of nitrogens with zero attached hydrogens (tertiary/aromatic N) is 3. The van der Waals surface area contributed by atoms with Gasteiger partial charge in [0.25, 0.3) is 0 Å². The Kier molecular flexibility index (Phi) is 11.8. The van der Waals surface area contributed by atoms with Gasteiger partial charge in [-0.1, -0.05) is 142 Å². The van der Waals surface area contributed by atoms with Crippen LogP contribution in [0.15, 0.2) is 177 Å². The molecule has 0 unspecified atom stereocenters. The minimum atomic E-state index is 0.718. The Labute approximate surface area is 293 Å². The molecule has 49 heavy (non-hydrogen) atoms. The van der Waals surface area contributed by atoms with Crippen molar-refractivity contribution in [2.75, 3.05) is 0 Å². The van der Waals surface area contributed by atoms with Crippen LogP contribution < -0.4 is 0 Å². The van der Waals surface area contributed by atoms with E-state index in [1.165, 1.54) is 31.2 Å². The molecule has 3 heterocycles. The molecule has 0 atom stereocenters. The number of benzene rings is 5.